The van der Waals surface area contributed by atoms with E-state index in [2.05, 4.69) is 261 Å². The SMILES string of the molecule is c1ccc(-c2ccc3c(c2)c2cc(-c4ccccc4)ccc2n3-c2cc(N(c3ccc(-c4ccncc4)cc3)c3ccc(-c4ccncc4)cc3)cc(N3c4ccccc4Sc4ccccc43)c2)cc1. The van der Waals surface area contributed by atoms with Gasteiger partial charge in [0.25, 0.3) is 0 Å². The monoisotopic (exact) mass is 913 g/mol. The summed E-state index contributed by atoms with van der Waals surface area (Å²) in [6.07, 6.45) is 7.40. The summed E-state index contributed by atoms with van der Waals surface area (Å²) in [5.41, 5.74) is 19.0. The molecule has 6 heteroatoms. The van der Waals surface area contributed by atoms with Crippen molar-refractivity contribution in [3.05, 3.63) is 261 Å². The fourth-order valence-electron chi connectivity index (χ4n) is 10.0. The Morgan fingerprint density at radius 3 is 1.20 bits per heavy atom. The second-order valence-corrected chi connectivity index (χ2v) is 18.6. The largest absolute Gasteiger partial charge is 0.310 e. The van der Waals surface area contributed by atoms with Crippen LogP contribution in [0.5, 0.6) is 0 Å². The number of hydrogen-bond acceptors (Lipinski definition) is 5. The molecule has 0 radical (unpaired) electrons. The molecule has 70 heavy (non-hydrogen) atoms. The molecule has 0 amide bonds. The molecule has 4 heterocycles. The van der Waals surface area contributed by atoms with Crippen molar-refractivity contribution >= 4 is 67.7 Å². The molecule has 0 unspecified atom stereocenters. The van der Waals surface area contributed by atoms with Gasteiger partial charge in [0, 0.05) is 56.7 Å². The van der Waals surface area contributed by atoms with Crippen LogP contribution in [0.25, 0.3) is 72.0 Å². The van der Waals surface area contributed by atoms with Gasteiger partial charge in [-0.05, 0) is 160 Å². The van der Waals surface area contributed by atoms with E-state index in [-0.39, 0.29) is 0 Å². The minimum atomic E-state index is 1.02. The maximum Gasteiger partial charge on any atom is 0.0601 e. The van der Waals surface area contributed by atoms with Crippen LogP contribution >= 0.6 is 11.8 Å². The van der Waals surface area contributed by atoms with E-state index in [1.165, 1.54) is 42.8 Å². The maximum atomic E-state index is 4.28. The van der Waals surface area contributed by atoms with Crippen molar-refractivity contribution in [3.8, 4) is 50.2 Å². The van der Waals surface area contributed by atoms with E-state index in [0.717, 1.165) is 73.1 Å². The first-order chi connectivity index (χ1) is 34.7. The Balaban J connectivity index is 1.08. The van der Waals surface area contributed by atoms with E-state index >= 15 is 0 Å². The minimum Gasteiger partial charge on any atom is -0.310 e. The molecule has 3 aromatic heterocycles. The normalized spacial score (nSPS) is 11.9. The van der Waals surface area contributed by atoms with Gasteiger partial charge in [0.05, 0.1) is 39.5 Å². The molecule has 0 aliphatic carbocycles. The first-order valence-corrected chi connectivity index (χ1v) is 24.3. The quantitative estimate of drug-likeness (QED) is 0.144. The average Bonchev–Trinajstić information content (AvgIpc) is 3.77. The average molecular weight is 914 g/mol. The van der Waals surface area contributed by atoms with Gasteiger partial charge in [-0.15, -0.1) is 0 Å². The number of aromatic nitrogens is 3. The van der Waals surface area contributed by atoms with Gasteiger partial charge in [-0.1, -0.05) is 133 Å². The maximum absolute atomic E-state index is 4.28. The van der Waals surface area contributed by atoms with Gasteiger partial charge >= 0.3 is 0 Å². The zero-order valence-electron chi connectivity index (χ0n) is 38.0. The molecule has 0 fully saturated rings. The molecule has 1 aliphatic rings. The van der Waals surface area contributed by atoms with E-state index in [1.807, 2.05) is 36.5 Å². The van der Waals surface area contributed by atoms with E-state index < -0.39 is 0 Å². The van der Waals surface area contributed by atoms with Crippen molar-refractivity contribution in [1.82, 2.24) is 14.5 Å². The molecule has 0 bridgehead atoms. The molecular formula is C64H43N5S. The van der Waals surface area contributed by atoms with Crippen LogP contribution in [0.15, 0.2) is 271 Å². The highest BCUT2D eigenvalue weighted by Crippen LogP contribution is 2.53. The van der Waals surface area contributed by atoms with Crippen molar-refractivity contribution in [1.29, 1.82) is 0 Å². The third-order valence-corrected chi connectivity index (χ3v) is 14.5. The molecule has 9 aromatic carbocycles. The number of rotatable bonds is 9. The number of pyridine rings is 2. The molecule has 13 rings (SSSR count). The molecule has 330 valence electrons. The summed E-state index contributed by atoms with van der Waals surface area (Å²) in [5, 5.41) is 2.39. The number of para-hydroxylation sites is 2. The summed E-state index contributed by atoms with van der Waals surface area (Å²) in [6, 6.07) is 85.9. The number of fused-ring (bicyclic) bond motifs is 5. The Morgan fingerprint density at radius 1 is 0.314 bits per heavy atom. The van der Waals surface area contributed by atoms with Crippen LogP contribution in [0.4, 0.5) is 34.1 Å². The lowest BCUT2D eigenvalue weighted by Crippen LogP contribution is -2.17. The summed E-state index contributed by atoms with van der Waals surface area (Å²) < 4.78 is 2.47. The second kappa shape index (κ2) is 17.6. The van der Waals surface area contributed by atoms with Gasteiger partial charge in [-0.25, -0.2) is 0 Å². The second-order valence-electron chi connectivity index (χ2n) is 17.5. The topological polar surface area (TPSA) is 37.2 Å². The number of nitrogens with zero attached hydrogens (tertiary/aromatic N) is 5. The summed E-state index contributed by atoms with van der Waals surface area (Å²) in [4.78, 5) is 15.8. The zero-order valence-corrected chi connectivity index (χ0v) is 38.8. The number of anilines is 6. The fraction of sp³-hybridized carbons (Fsp3) is 0. The summed E-state index contributed by atoms with van der Waals surface area (Å²) in [7, 11) is 0. The summed E-state index contributed by atoms with van der Waals surface area (Å²) in [5.74, 6) is 0. The summed E-state index contributed by atoms with van der Waals surface area (Å²) >= 11 is 1.82. The van der Waals surface area contributed by atoms with Crippen LogP contribution in [0.1, 0.15) is 0 Å². The zero-order chi connectivity index (χ0) is 46.4. The van der Waals surface area contributed by atoms with Gasteiger partial charge in [-0.2, -0.15) is 0 Å². The molecular weight excluding hydrogens is 871 g/mol. The molecule has 0 spiro atoms. The standard InChI is InChI=1S/C64H43N5S/c1-3-11-44(12-4-1)50-23-29-59-57(39-50)58-40-51(45-13-5-2-6-14-45)24-30-60(58)68(59)55-41-54(42-56(43-55)69-61-15-7-9-17-63(61)70-64-18-10-8-16-62(64)69)67(52-25-19-46(20-26-52)48-31-35-65-36-32-48)53-27-21-47(22-28-53)49-33-37-66-38-34-49/h1-43H. The van der Waals surface area contributed by atoms with Crippen molar-refractivity contribution in [3.63, 3.8) is 0 Å². The molecule has 1 aliphatic heterocycles. The predicted molar refractivity (Wildman–Crippen MR) is 292 cm³/mol. The molecule has 12 aromatic rings. The van der Waals surface area contributed by atoms with Gasteiger partial charge in [0.1, 0.15) is 0 Å². The molecule has 0 atom stereocenters. The molecule has 5 nitrogen and oxygen atoms in total. The Bertz CT molecular complexity index is 3610. The van der Waals surface area contributed by atoms with Crippen LogP contribution in [0.3, 0.4) is 0 Å². The Kier molecular flexibility index (Phi) is 10.4. The highest BCUT2D eigenvalue weighted by Gasteiger charge is 2.27. The molecule has 0 saturated heterocycles. The van der Waals surface area contributed by atoms with Gasteiger partial charge in [0.15, 0.2) is 0 Å². The lowest BCUT2D eigenvalue weighted by molar-refractivity contribution is 1.13. The van der Waals surface area contributed by atoms with Gasteiger partial charge in [0.2, 0.25) is 0 Å². The van der Waals surface area contributed by atoms with Crippen molar-refractivity contribution in [2.75, 3.05) is 9.80 Å². The van der Waals surface area contributed by atoms with Crippen LogP contribution in [0.2, 0.25) is 0 Å². The number of benzene rings is 9. The fourth-order valence-corrected chi connectivity index (χ4v) is 11.1. The first-order valence-electron chi connectivity index (χ1n) is 23.5. The number of hydrogen-bond donors (Lipinski definition) is 0. The van der Waals surface area contributed by atoms with E-state index in [0.29, 0.717) is 0 Å². The smallest absolute Gasteiger partial charge is 0.0601 e. The van der Waals surface area contributed by atoms with E-state index in [1.54, 1.807) is 0 Å². The van der Waals surface area contributed by atoms with Crippen LogP contribution < -0.4 is 9.80 Å². The third kappa shape index (κ3) is 7.48. The van der Waals surface area contributed by atoms with E-state index in [9.17, 15) is 0 Å². The predicted octanol–water partition coefficient (Wildman–Crippen LogP) is 17.6. The Labute approximate surface area is 411 Å². The van der Waals surface area contributed by atoms with Crippen molar-refractivity contribution < 1.29 is 0 Å². The minimum absolute atomic E-state index is 1.02. The highest BCUT2D eigenvalue weighted by molar-refractivity contribution is 7.99. The van der Waals surface area contributed by atoms with Crippen LogP contribution in [0, 0.1) is 0 Å². The summed E-state index contributed by atoms with van der Waals surface area (Å²) in [6.45, 7) is 0. The first kappa shape index (κ1) is 41.2. The third-order valence-electron chi connectivity index (χ3n) is 13.4. The van der Waals surface area contributed by atoms with Crippen LogP contribution in [-0.4, -0.2) is 14.5 Å². The van der Waals surface area contributed by atoms with Crippen LogP contribution in [-0.2, 0) is 0 Å². The Morgan fingerprint density at radius 2 is 0.714 bits per heavy atom. The lowest BCUT2D eigenvalue weighted by Gasteiger charge is -2.34. The van der Waals surface area contributed by atoms with Crippen molar-refractivity contribution in [2.45, 2.75) is 9.79 Å². The molecule has 0 saturated carbocycles. The highest BCUT2D eigenvalue weighted by atomic mass is 32.2. The van der Waals surface area contributed by atoms with Gasteiger partial charge in [-0.3, -0.25) is 9.97 Å². The van der Waals surface area contributed by atoms with Gasteiger partial charge < -0.3 is 14.4 Å². The lowest BCUT2D eigenvalue weighted by atomic mass is 10.0. The van der Waals surface area contributed by atoms with E-state index in [4.69, 9.17) is 0 Å². The molecule has 0 N–H and O–H groups in total. The van der Waals surface area contributed by atoms with Crippen molar-refractivity contribution in [2.24, 2.45) is 0 Å². The Hall–Kier alpha value is -8.97.